The lowest BCUT2D eigenvalue weighted by Gasteiger charge is -2.04. The Hall–Kier alpha value is -2.80. The Kier molecular flexibility index (Phi) is 4.29. The van der Waals surface area contributed by atoms with Gasteiger partial charge in [-0.15, -0.1) is 11.3 Å². The largest absolute Gasteiger partial charge is 0.294 e. The van der Waals surface area contributed by atoms with Crippen LogP contribution in [0.2, 0.25) is 0 Å². The van der Waals surface area contributed by atoms with Crippen molar-refractivity contribution >= 4 is 23.5 Å². The smallest absolute Gasteiger partial charge is 0.272 e. The van der Waals surface area contributed by atoms with E-state index in [4.69, 9.17) is 0 Å². The number of carbonyl (C=O) groups is 1. The molecule has 0 aliphatic rings. The minimum Gasteiger partial charge on any atom is -0.294 e. The van der Waals surface area contributed by atoms with Gasteiger partial charge in [-0.05, 0) is 32.0 Å². The van der Waals surface area contributed by atoms with Gasteiger partial charge in [0.25, 0.3) is 5.91 Å². The number of pyridine rings is 1. The molecule has 3 rings (SSSR count). The second-order valence-electron chi connectivity index (χ2n) is 4.92. The van der Waals surface area contributed by atoms with E-state index in [9.17, 15) is 4.79 Å². The van der Waals surface area contributed by atoms with Gasteiger partial charge in [-0.25, -0.2) is 10.4 Å². The van der Waals surface area contributed by atoms with Crippen molar-refractivity contribution in [1.29, 1.82) is 0 Å². The van der Waals surface area contributed by atoms with Crippen LogP contribution in [-0.4, -0.2) is 26.7 Å². The lowest BCUT2D eigenvalue weighted by molar-refractivity contribution is 0.0955. The second-order valence-corrected chi connectivity index (χ2v) is 5.79. The summed E-state index contributed by atoms with van der Waals surface area (Å²) in [6.45, 7) is 4.01. The minimum absolute atomic E-state index is 0.289. The fourth-order valence-electron chi connectivity index (χ4n) is 2.26. The van der Waals surface area contributed by atoms with E-state index in [2.05, 4.69) is 25.1 Å². The maximum atomic E-state index is 11.9. The standard InChI is InChI=1S/C16H15N5OS/c1-11-8-14(12(2)21(11)16-18-6-7-23-16)10-19-20-15(22)13-4-3-5-17-9-13/h3-10H,1-2H3,(H,20,22)/b19-10-. The van der Waals surface area contributed by atoms with Crippen molar-refractivity contribution in [1.82, 2.24) is 20.0 Å². The van der Waals surface area contributed by atoms with Crippen LogP contribution >= 0.6 is 11.3 Å². The van der Waals surface area contributed by atoms with Gasteiger partial charge in [0.1, 0.15) is 0 Å². The number of carbonyl (C=O) groups excluding carboxylic acids is 1. The van der Waals surface area contributed by atoms with Crippen molar-refractivity contribution in [2.75, 3.05) is 0 Å². The summed E-state index contributed by atoms with van der Waals surface area (Å²) in [5.74, 6) is -0.289. The lowest BCUT2D eigenvalue weighted by atomic mass is 10.3. The monoisotopic (exact) mass is 325 g/mol. The molecule has 0 saturated heterocycles. The number of hydrogen-bond acceptors (Lipinski definition) is 5. The van der Waals surface area contributed by atoms with E-state index in [0.717, 1.165) is 22.1 Å². The van der Waals surface area contributed by atoms with Crippen LogP contribution in [0.25, 0.3) is 5.13 Å². The fraction of sp³-hybridized carbons (Fsp3) is 0.125. The quantitative estimate of drug-likeness (QED) is 0.592. The van der Waals surface area contributed by atoms with Gasteiger partial charge in [-0.1, -0.05) is 0 Å². The highest BCUT2D eigenvalue weighted by Gasteiger charge is 2.11. The van der Waals surface area contributed by atoms with Gasteiger partial charge < -0.3 is 0 Å². The summed E-state index contributed by atoms with van der Waals surface area (Å²) in [5.41, 5.74) is 6.00. The van der Waals surface area contributed by atoms with Gasteiger partial charge >= 0.3 is 0 Å². The number of nitrogens with zero attached hydrogens (tertiary/aromatic N) is 4. The summed E-state index contributed by atoms with van der Waals surface area (Å²) < 4.78 is 2.06. The van der Waals surface area contributed by atoms with Crippen molar-refractivity contribution in [2.24, 2.45) is 5.10 Å². The van der Waals surface area contributed by atoms with Crippen molar-refractivity contribution in [3.63, 3.8) is 0 Å². The number of hydrogen-bond donors (Lipinski definition) is 1. The summed E-state index contributed by atoms with van der Waals surface area (Å²) in [4.78, 5) is 20.1. The Bertz CT molecular complexity index is 837. The van der Waals surface area contributed by atoms with Crippen LogP contribution in [0.4, 0.5) is 0 Å². The summed E-state index contributed by atoms with van der Waals surface area (Å²) in [7, 11) is 0. The number of thiazole rings is 1. The molecule has 0 aromatic carbocycles. The number of hydrazone groups is 1. The van der Waals surface area contributed by atoms with E-state index in [1.807, 2.05) is 25.3 Å². The third kappa shape index (κ3) is 3.19. The molecule has 0 atom stereocenters. The van der Waals surface area contributed by atoms with Crippen LogP contribution < -0.4 is 5.43 Å². The van der Waals surface area contributed by atoms with Gasteiger partial charge in [0.05, 0.1) is 11.8 Å². The molecule has 1 N–H and O–H groups in total. The molecule has 1 amide bonds. The maximum absolute atomic E-state index is 11.9. The molecule has 0 bridgehead atoms. The maximum Gasteiger partial charge on any atom is 0.272 e. The minimum atomic E-state index is -0.289. The van der Waals surface area contributed by atoms with Gasteiger partial charge in [0.2, 0.25) is 0 Å². The average Bonchev–Trinajstić information content (AvgIpc) is 3.17. The predicted octanol–water partition coefficient (Wildman–Crippen LogP) is 2.71. The second kappa shape index (κ2) is 6.53. The third-order valence-electron chi connectivity index (χ3n) is 3.37. The van der Waals surface area contributed by atoms with Crippen molar-refractivity contribution in [3.8, 4) is 5.13 Å². The predicted molar refractivity (Wildman–Crippen MR) is 90.2 cm³/mol. The molecule has 3 heterocycles. The molecule has 0 aliphatic heterocycles. The van der Waals surface area contributed by atoms with Crippen LogP contribution in [0.5, 0.6) is 0 Å². The van der Waals surface area contributed by atoms with Gasteiger partial charge in [-0.2, -0.15) is 5.10 Å². The molecule has 0 aliphatic carbocycles. The zero-order valence-corrected chi connectivity index (χ0v) is 13.5. The van der Waals surface area contributed by atoms with Gasteiger partial charge in [0, 0.05) is 40.9 Å². The number of amides is 1. The average molecular weight is 325 g/mol. The summed E-state index contributed by atoms with van der Waals surface area (Å²) in [6, 6.07) is 5.41. The Labute approximate surface area is 137 Å². The lowest BCUT2D eigenvalue weighted by Crippen LogP contribution is -2.17. The molecule has 7 heteroatoms. The summed E-state index contributed by atoms with van der Waals surface area (Å²) in [6.07, 6.45) is 6.54. The molecule has 3 aromatic rings. The molecule has 0 saturated carbocycles. The molecule has 0 radical (unpaired) electrons. The molecule has 0 unspecified atom stereocenters. The highest BCUT2D eigenvalue weighted by Crippen LogP contribution is 2.21. The topological polar surface area (TPSA) is 72.2 Å². The van der Waals surface area contributed by atoms with E-state index < -0.39 is 0 Å². The highest BCUT2D eigenvalue weighted by molar-refractivity contribution is 7.12. The van der Waals surface area contributed by atoms with E-state index in [1.54, 1.807) is 42.1 Å². The van der Waals surface area contributed by atoms with Crippen LogP contribution in [0.3, 0.4) is 0 Å². The Morgan fingerprint density at radius 1 is 1.39 bits per heavy atom. The van der Waals surface area contributed by atoms with Crippen molar-refractivity contribution < 1.29 is 4.79 Å². The first kappa shape index (κ1) is 15.1. The first-order valence-electron chi connectivity index (χ1n) is 6.99. The third-order valence-corrected chi connectivity index (χ3v) is 4.13. The Morgan fingerprint density at radius 2 is 2.26 bits per heavy atom. The molecule has 23 heavy (non-hydrogen) atoms. The van der Waals surface area contributed by atoms with Crippen molar-refractivity contribution in [2.45, 2.75) is 13.8 Å². The molecule has 3 aromatic heterocycles. The highest BCUT2D eigenvalue weighted by atomic mass is 32.1. The summed E-state index contributed by atoms with van der Waals surface area (Å²) in [5, 5.41) is 6.89. The molecular weight excluding hydrogens is 310 g/mol. The first-order chi connectivity index (χ1) is 11.2. The first-order valence-corrected chi connectivity index (χ1v) is 7.87. The van der Waals surface area contributed by atoms with Crippen LogP contribution in [0.1, 0.15) is 27.3 Å². The molecule has 0 spiro atoms. The van der Waals surface area contributed by atoms with E-state index in [0.29, 0.717) is 5.56 Å². The van der Waals surface area contributed by atoms with E-state index >= 15 is 0 Å². The SMILES string of the molecule is Cc1cc(/C=N\NC(=O)c2cccnc2)c(C)n1-c1nccs1. The normalized spacial score (nSPS) is 11.0. The van der Waals surface area contributed by atoms with Crippen LogP contribution in [0, 0.1) is 13.8 Å². The zero-order chi connectivity index (χ0) is 16.2. The number of rotatable bonds is 4. The van der Waals surface area contributed by atoms with Crippen LogP contribution in [0.15, 0.2) is 47.3 Å². The summed E-state index contributed by atoms with van der Waals surface area (Å²) >= 11 is 1.57. The number of aryl methyl sites for hydroxylation is 1. The Morgan fingerprint density at radius 3 is 2.96 bits per heavy atom. The van der Waals surface area contributed by atoms with Gasteiger partial charge in [0.15, 0.2) is 5.13 Å². The van der Waals surface area contributed by atoms with Gasteiger partial charge in [-0.3, -0.25) is 14.3 Å². The Balaban J connectivity index is 1.76. The molecule has 0 fully saturated rings. The fourth-order valence-corrected chi connectivity index (χ4v) is 3.01. The number of nitrogens with one attached hydrogen (secondary N) is 1. The molecule has 116 valence electrons. The number of aromatic nitrogens is 3. The molecule has 6 nitrogen and oxygen atoms in total. The molecular formula is C16H15N5OS. The van der Waals surface area contributed by atoms with E-state index in [1.165, 1.54) is 6.20 Å². The van der Waals surface area contributed by atoms with E-state index in [-0.39, 0.29) is 5.91 Å². The zero-order valence-electron chi connectivity index (χ0n) is 12.7. The van der Waals surface area contributed by atoms with Crippen molar-refractivity contribution in [3.05, 3.63) is 64.7 Å². The van der Waals surface area contributed by atoms with Crippen LogP contribution in [-0.2, 0) is 0 Å².